The van der Waals surface area contributed by atoms with E-state index in [1.165, 1.54) is 0 Å². The van der Waals surface area contributed by atoms with Gasteiger partial charge in [0, 0.05) is 37.4 Å². The summed E-state index contributed by atoms with van der Waals surface area (Å²) in [6.07, 6.45) is 0. The van der Waals surface area contributed by atoms with Crippen LogP contribution in [0.2, 0.25) is 16.6 Å². The summed E-state index contributed by atoms with van der Waals surface area (Å²) in [5.41, 5.74) is 13.3. The highest BCUT2D eigenvalue weighted by atomic mass is 28.3. The van der Waals surface area contributed by atoms with E-state index in [1.54, 1.807) is 12.1 Å². The number of morpholine rings is 1. The van der Waals surface area contributed by atoms with Crippen LogP contribution in [0.3, 0.4) is 0 Å². The molecule has 0 saturated carbocycles. The molecule has 1 saturated heterocycles. The Bertz CT molecular complexity index is 753. The Morgan fingerprint density at radius 1 is 1.13 bits per heavy atom. The van der Waals surface area contributed by atoms with Crippen molar-refractivity contribution in [3.8, 4) is 11.5 Å². The second-order valence-electron chi connectivity index (χ2n) is 9.16. The van der Waals surface area contributed by atoms with Gasteiger partial charge in [0.1, 0.15) is 8.07 Å². The lowest BCUT2D eigenvalue weighted by molar-refractivity contribution is 0.0383. The summed E-state index contributed by atoms with van der Waals surface area (Å²) in [6, 6.07) is 5.41. The number of hydrogen-bond acceptors (Lipinski definition) is 4. The van der Waals surface area contributed by atoms with E-state index in [0.717, 1.165) is 38.4 Å². The molecule has 1 aromatic rings. The summed E-state index contributed by atoms with van der Waals surface area (Å²) in [6.45, 7) is 18.5. The van der Waals surface area contributed by atoms with E-state index in [4.69, 9.17) is 10.5 Å². The maximum Gasteiger partial charge on any atom is 0.252 e. The lowest BCUT2D eigenvalue weighted by atomic mass is 10.1. The minimum Gasteiger partial charge on any atom is -0.399 e. The highest BCUT2D eigenvalue weighted by molar-refractivity contribution is 6.90. The first-order valence-electron chi connectivity index (χ1n) is 11.2. The van der Waals surface area contributed by atoms with Crippen molar-refractivity contribution in [2.24, 2.45) is 0 Å². The molecule has 1 heterocycles. The average Bonchev–Trinajstić information content (AvgIpc) is 2.68. The molecule has 0 aliphatic carbocycles. The first-order valence-corrected chi connectivity index (χ1v) is 13.4. The van der Waals surface area contributed by atoms with Gasteiger partial charge in [0.2, 0.25) is 0 Å². The third kappa shape index (κ3) is 5.87. The van der Waals surface area contributed by atoms with Gasteiger partial charge in [-0.2, -0.15) is 0 Å². The van der Waals surface area contributed by atoms with Gasteiger partial charge in [0.05, 0.1) is 18.8 Å². The van der Waals surface area contributed by atoms with E-state index in [1.807, 2.05) is 6.07 Å². The van der Waals surface area contributed by atoms with Crippen LogP contribution in [0.1, 0.15) is 57.5 Å². The standard InChI is InChI=1S/C24H39N3O2Si/c1-18(2)30(19(3)4,20(5)6)16-9-21-17-22(25)7-8-23(21)24(28)26-10-11-27-12-14-29-15-13-27/h7-8,17-20H,10-15,25H2,1-6H3,(H,26,28). The minimum atomic E-state index is -1.89. The van der Waals surface area contributed by atoms with Gasteiger partial charge in [-0.05, 0) is 34.8 Å². The van der Waals surface area contributed by atoms with E-state index in [9.17, 15) is 4.79 Å². The van der Waals surface area contributed by atoms with Crippen molar-refractivity contribution in [1.82, 2.24) is 10.2 Å². The maximum atomic E-state index is 12.9. The summed E-state index contributed by atoms with van der Waals surface area (Å²) < 4.78 is 5.38. The molecule has 3 N–H and O–H groups in total. The zero-order chi connectivity index (χ0) is 22.3. The number of nitrogen functional groups attached to an aromatic ring is 1. The van der Waals surface area contributed by atoms with Crippen molar-refractivity contribution in [3.63, 3.8) is 0 Å². The molecule has 1 aromatic carbocycles. The molecule has 30 heavy (non-hydrogen) atoms. The van der Waals surface area contributed by atoms with Crippen molar-refractivity contribution < 1.29 is 9.53 Å². The third-order valence-electron chi connectivity index (χ3n) is 6.39. The Kier molecular flexibility index (Phi) is 8.96. The average molecular weight is 430 g/mol. The van der Waals surface area contributed by atoms with Crippen LogP contribution in [0.4, 0.5) is 5.69 Å². The van der Waals surface area contributed by atoms with Crippen LogP contribution < -0.4 is 11.1 Å². The van der Waals surface area contributed by atoms with Crippen LogP contribution in [-0.2, 0) is 4.74 Å². The molecule has 5 nitrogen and oxygen atoms in total. The molecule has 0 unspecified atom stereocenters. The van der Waals surface area contributed by atoms with Gasteiger partial charge < -0.3 is 15.8 Å². The molecule has 0 radical (unpaired) electrons. The van der Waals surface area contributed by atoms with E-state index in [2.05, 4.69) is 63.2 Å². The number of nitrogens with zero attached hydrogens (tertiary/aromatic N) is 1. The Hall–Kier alpha value is -1.81. The normalized spacial score (nSPS) is 15.4. The lowest BCUT2D eigenvalue weighted by Crippen LogP contribution is -2.43. The summed E-state index contributed by atoms with van der Waals surface area (Å²) in [5, 5.41) is 3.05. The smallest absolute Gasteiger partial charge is 0.252 e. The van der Waals surface area contributed by atoms with Crippen molar-refractivity contribution in [2.45, 2.75) is 58.2 Å². The Balaban J connectivity index is 2.22. The number of amides is 1. The van der Waals surface area contributed by atoms with Crippen molar-refractivity contribution in [1.29, 1.82) is 0 Å². The summed E-state index contributed by atoms with van der Waals surface area (Å²) in [7, 11) is -1.89. The largest absolute Gasteiger partial charge is 0.399 e. The predicted molar refractivity (Wildman–Crippen MR) is 128 cm³/mol. The van der Waals surface area contributed by atoms with Crippen LogP contribution in [0.5, 0.6) is 0 Å². The molecule has 0 spiro atoms. The maximum absolute atomic E-state index is 12.9. The lowest BCUT2D eigenvalue weighted by Gasteiger charge is -2.38. The van der Waals surface area contributed by atoms with E-state index >= 15 is 0 Å². The molecular formula is C24H39N3O2Si. The van der Waals surface area contributed by atoms with Crippen LogP contribution >= 0.6 is 0 Å². The van der Waals surface area contributed by atoms with Crippen molar-refractivity contribution in [2.75, 3.05) is 45.1 Å². The number of anilines is 1. The van der Waals surface area contributed by atoms with Gasteiger partial charge in [-0.3, -0.25) is 9.69 Å². The molecule has 166 valence electrons. The molecule has 1 amide bonds. The molecule has 1 aliphatic heterocycles. The summed E-state index contributed by atoms with van der Waals surface area (Å²) >= 11 is 0. The third-order valence-corrected chi connectivity index (χ3v) is 12.7. The number of carbonyl (C=O) groups is 1. The predicted octanol–water partition coefficient (Wildman–Crippen LogP) is 3.90. The molecule has 6 heteroatoms. The number of nitrogens with two attached hydrogens (primary N) is 1. The zero-order valence-electron chi connectivity index (χ0n) is 19.5. The molecule has 1 aliphatic rings. The highest BCUT2D eigenvalue weighted by Crippen LogP contribution is 2.40. The number of ether oxygens (including phenoxy) is 1. The van der Waals surface area contributed by atoms with Crippen molar-refractivity contribution >= 4 is 19.7 Å². The molecule has 0 bridgehead atoms. The van der Waals surface area contributed by atoms with Gasteiger partial charge in [0.25, 0.3) is 5.91 Å². The number of carbonyl (C=O) groups excluding carboxylic acids is 1. The van der Waals surface area contributed by atoms with Crippen LogP contribution in [0.25, 0.3) is 0 Å². The molecule has 2 rings (SSSR count). The number of benzene rings is 1. The summed E-state index contributed by atoms with van der Waals surface area (Å²) in [5.74, 6) is 3.32. The summed E-state index contributed by atoms with van der Waals surface area (Å²) in [4.78, 5) is 15.2. The fourth-order valence-electron chi connectivity index (χ4n) is 4.72. The van der Waals surface area contributed by atoms with Gasteiger partial charge >= 0.3 is 0 Å². The van der Waals surface area contributed by atoms with Crippen molar-refractivity contribution in [3.05, 3.63) is 29.3 Å². The number of rotatable bonds is 7. The number of nitrogens with one attached hydrogen (secondary N) is 1. The molecular weight excluding hydrogens is 390 g/mol. The SMILES string of the molecule is CC(C)[Si](C#Cc1cc(N)ccc1C(=O)NCCN1CCOCC1)(C(C)C)C(C)C. The van der Waals surface area contributed by atoms with E-state index in [0.29, 0.717) is 34.4 Å². The van der Waals surface area contributed by atoms with Gasteiger partial charge in [-0.15, -0.1) is 5.54 Å². The van der Waals surface area contributed by atoms with E-state index in [-0.39, 0.29) is 5.91 Å². The van der Waals surface area contributed by atoms with Gasteiger partial charge in [-0.25, -0.2) is 0 Å². The fraction of sp³-hybridized carbons (Fsp3) is 0.625. The van der Waals surface area contributed by atoms with Crippen LogP contribution in [-0.4, -0.2) is 58.3 Å². The van der Waals surface area contributed by atoms with Gasteiger partial charge in [-0.1, -0.05) is 47.5 Å². The van der Waals surface area contributed by atoms with E-state index < -0.39 is 8.07 Å². The first-order chi connectivity index (χ1) is 14.2. The Labute approximate surface area is 183 Å². The first kappa shape index (κ1) is 24.5. The highest BCUT2D eigenvalue weighted by Gasteiger charge is 2.41. The van der Waals surface area contributed by atoms with Gasteiger partial charge in [0.15, 0.2) is 0 Å². The second-order valence-corrected chi connectivity index (χ2v) is 14.7. The zero-order valence-corrected chi connectivity index (χ0v) is 20.5. The molecule has 0 atom stereocenters. The molecule has 1 fully saturated rings. The monoisotopic (exact) mass is 429 g/mol. The Morgan fingerprint density at radius 3 is 2.30 bits per heavy atom. The second kappa shape index (κ2) is 11.0. The van der Waals surface area contributed by atoms with Crippen LogP contribution in [0, 0.1) is 11.5 Å². The quantitative estimate of drug-likeness (QED) is 0.392. The Morgan fingerprint density at radius 2 is 1.73 bits per heavy atom. The molecule has 0 aromatic heterocycles. The number of hydrogen-bond donors (Lipinski definition) is 2. The topological polar surface area (TPSA) is 67.6 Å². The fourth-order valence-corrected chi connectivity index (χ4v) is 9.94. The van der Waals surface area contributed by atoms with Crippen LogP contribution in [0.15, 0.2) is 18.2 Å². The minimum absolute atomic E-state index is 0.0848.